The molecule has 98 valence electrons. The van der Waals surface area contributed by atoms with Gasteiger partial charge in [-0.3, -0.25) is 4.79 Å². The van der Waals surface area contributed by atoms with Crippen molar-refractivity contribution in [2.45, 2.75) is 6.42 Å². The average molecular weight is 322 g/mol. The zero-order valence-corrected chi connectivity index (χ0v) is 11.8. The lowest BCUT2D eigenvalue weighted by atomic mass is 10.1. The normalized spacial score (nSPS) is 10.2. The maximum absolute atomic E-state index is 12.9. The van der Waals surface area contributed by atoms with E-state index in [-0.39, 0.29) is 11.7 Å². The molecule has 2 aromatic rings. The van der Waals surface area contributed by atoms with Crippen LogP contribution in [0.3, 0.4) is 0 Å². The van der Waals surface area contributed by atoms with Gasteiger partial charge in [0, 0.05) is 11.0 Å². The van der Waals surface area contributed by atoms with Gasteiger partial charge in [-0.25, -0.2) is 4.39 Å². The summed E-state index contributed by atoms with van der Waals surface area (Å²) in [6.45, 7) is 0.548. The van der Waals surface area contributed by atoms with E-state index in [1.165, 1.54) is 23.8 Å². The van der Waals surface area contributed by atoms with Crippen LogP contribution in [0, 0.1) is 5.82 Å². The third-order valence-corrected chi connectivity index (χ3v) is 3.37. The minimum Gasteiger partial charge on any atom is -0.352 e. The van der Waals surface area contributed by atoms with Gasteiger partial charge < -0.3 is 5.32 Å². The minimum atomic E-state index is -0.368. The molecule has 0 aliphatic carbocycles. The van der Waals surface area contributed by atoms with Crippen molar-refractivity contribution in [3.8, 4) is 0 Å². The topological polar surface area (TPSA) is 29.1 Å². The number of carbonyl (C=O) groups is 1. The van der Waals surface area contributed by atoms with Crippen molar-refractivity contribution in [1.29, 1.82) is 0 Å². The summed E-state index contributed by atoms with van der Waals surface area (Å²) in [7, 11) is 0. The third kappa shape index (κ3) is 3.89. The van der Waals surface area contributed by atoms with Crippen LogP contribution in [-0.2, 0) is 6.42 Å². The standard InChI is InChI=1S/C15H13BrFNO/c16-14-10-12(17)6-7-13(14)15(19)18-9-8-11-4-2-1-3-5-11/h1-7,10H,8-9H2,(H,18,19). The molecule has 0 spiro atoms. The largest absolute Gasteiger partial charge is 0.352 e. The Morgan fingerprint density at radius 2 is 1.89 bits per heavy atom. The number of nitrogens with one attached hydrogen (secondary N) is 1. The van der Waals surface area contributed by atoms with E-state index in [0.717, 1.165) is 6.42 Å². The lowest BCUT2D eigenvalue weighted by Crippen LogP contribution is -2.26. The van der Waals surface area contributed by atoms with Crippen molar-refractivity contribution in [1.82, 2.24) is 5.32 Å². The number of amides is 1. The third-order valence-electron chi connectivity index (χ3n) is 2.72. The van der Waals surface area contributed by atoms with Gasteiger partial charge in [0.2, 0.25) is 0 Å². The van der Waals surface area contributed by atoms with Gasteiger partial charge in [0.05, 0.1) is 5.56 Å². The predicted octanol–water partition coefficient (Wildman–Crippen LogP) is 3.56. The maximum atomic E-state index is 12.9. The molecule has 1 amide bonds. The Morgan fingerprint density at radius 3 is 2.58 bits per heavy atom. The van der Waals surface area contributed by atoms with Gasteiger partial charge in [-0.05, 0) is 46.1 Å². The van der Waals surface area contributed by atoms with Crippen molar-refractivity contribution >= 4 is 21.8 Å². The smallest absolute Gasteiger partial charge is 0.252 e. The van der Waals surface area contributed by atoms with Crippen LogP contribution < -0.4 is 5.32 Å². The van der Waals surface area contributed by atoms with E-state index in [1.54, 1.807) is 0 Å². The van der Waals surface area contributed by atoms with Gasteiger partial charge in [0.1, 0.15) is 5.82 Å². The molecule has 0 saturated heterocycles. The second kappa shape index (κ2) is 6.48. The summed E-state index contributed by atoms with van der Waals surface area (Å²) >= 11 is 3.18. The number of halogens is 2. The molecule has 0 radical (unpaired) electrons. The SMILES string of the molecule is O=C(NCCc1ccccc1)c1ccc(F)cc1Br. The Balaban J connectivity index is 1.91. The van der Waals surface area contributed by atoms with Crippen molar-refractivity contribution < 1.29 is 9.18 Å². The number of rotatable bonds is 4. The van der Waals surface area contributed by atoms with Gasteiger partial charge in [0.15, 0.2) is 0 Å². The number of hydrogen-bond acceptors (Lipinski definition) is 1. The Hall–Kier alpha value is -1.68. The number of carbonyl (C=O) groups excluding carboxylic acids is 1. The number of benzene rings is 2. The summed E-state index contributed by atoms with van der Waals surface area (Å²) in [5, 5.41) is 2.82. The zero-order chi connectivity index (χ0) is 13.7. The van der Waals surface area contributed by atoms with Crippen LogP contribution in [0.5, 0.6) is 0 Å². The second-order valence-electron chi connectivity index (χ2n) is 4.12. The fourth-order valence-electron chi connectivity index (χ4n) is 1.73. The molecule has 0 aromatic heterocycles. The first-order chi connectivity index (χ1) is 9.16. The summed E-state index contributed by atoms with van der Waals surface area (Å²) in [6.07, 6.45) is 0.769. The molecule has 0 aliphatic heterocycles. The second-order valence-corrected chi connectivity index (χ2v) is 4.97. The van der Waals surface area contributed by atoms with E-state index in [2.05, 4.69) is 21.2 Å². The fourth-order valence-corrected chi connectivity index (χ4v) is 2.26. The molecule has 0 atom stereocenters. The summed E-state index contributed by atoms with van der Waals surface area (Å²) in [5.41, 5.74) is 1.61. The zero-order valence-electron chi connectivity index (χ0n) is 10.2. The van der Waals surface area contributed by atoms with Crippen molar-refractivity contribution in [2.75, 3.05) is 6.54 Å². The van der Waals surface area contributed by atoms with E-state index < -0.39 is 0 Å². The Kier molecular flexibility index (Phi) is 4.68. The first-order valence-corrected chi connectivity index (χ1v) is 6.73. The maximum Gasteiger partial charge on any atom is 0.252 e. The van der Waals surface area contributed by atoms with Gasteiger partial charge in [-0.1, -0.05) is 30.3 Å². The molecule has 2 nitrogen and oxygen atoms in total. The van der Waals surface area contributed by atoms with Crippen LogP contribution in [0.15, 0.2) is 53.0 Å². The quantitative estimate of drug-likeness (QED) is 0.916. The molecule has 0 heterocycles. The van der Waals surface area contributed by atoms with Crippen LogP contribution in [0.1, 0.15) is 15.9 Å². The molecule has 4 heteroatoms. The molecule has 0 saturated carbocycles. The van der Waals surface area contributed by atoms with E-state index in [9.17, 15) is 9.18 Å². The molecule has 0 fully saturated rings. The molecule has 1 N–H and O–H groups in total. The highest BCUT2D eigenvalue weighted by atomic mass is 79.9. The van der Waals surface area contributed by atoms with Crippen molar-refractivity contribution in [3.63, 3.8) is 0 Å². The predicted molar refractivity (Wildman–Crippen MR) is 76.6 cm³/mol. The monoisotopic (exact) mass is 321 g/mol. The lowest BCUT2D eigenvalue weighted by molar-refractivity contribution is 0.0953. The highest BCUT2D eigenvalue weighted by molar-refractivity contribution is 9.10. The van der Waals surface area contributed by atoms with Crippen LogP contribution in [0.25, 0.3) is 0 Å². The van der Waals surface area contributed by atoms with Gasteiger partial charge in [-0.15, -0.1) is 0 Å². The molecule has 2 aromatic carbocycles. The van der Waals surface area contributed by atoms with Crippen LogP contribution >= 0.6 is 15.9 Å². The van der Waals surface area contributed by atoms with E-state index in [0.29, 0.717) is 16.6 Å². The van der Waals surface area contributed by atoms with Crippen molar-refractivity contribution in [2.24, 2.45) is 0 Å². The molecule has 0 unspecified atom stereocenters. The first kappa shape index (κ1) is 13.7. The molecule has 19 heavy (non-hydrogen) atoms. The summed E-state index contributed by atoms with van der Waals surface area (Å²) in [4.78, 5) is 11.9. The fraction of sp³-hybridized carbons (Fsp3) is 0.133. The van der Waals surface area contributed by atoms with Crippen LogP contribution in [0.2, 0.25) is 0 Å². The lowest BCUT2D eigenvalue weighted by Gasteiger charge is -2.07. The molecular weight excluding hydrogens is 309 g/mol. The molecular formula is C15H13BrFNO. The Morgan fingerprint density at radius 1 is 1.16 bits per heavy atom. The molecule has 2 rings (SSSR count). The van der Waals surface area contributed by atoms with E-state index in [4.69, 9.17) is 0 Å². The van der Waals surface area contributed by atoms with Gasteiger partial charge in [0.25, 0.3) is 5.91 Å². The van der Waals surface area contributed by atoms with Crippen LogP contribution in [0.4, 0.5) is 4.39 Å². The highest BCUT2D eigenvalue weighted by Crippen LogP contribution is 2.17. The first-order valence-electron chi connectivity index (χ1n) is 5.94. The van der Waals surface area contributed by atoms with Crippen molar-refractivity contribution in [3.05, 3.63) is 69.9 Å². The van der Waals surface area contributed by atoms with Gasteiger partial charge in [-0.2, -0.15) is 0 Å². The van der Waals surface area contributed by atoms with Crippen LogP contribution in [-0.4, -0.2) is 12.5 Å². The minimum absolute atomic E-state index is 0.206. The van der Waals surface area contributed by atoms with E-state index >= 15 is 0 Å². The Bertz CT molecular complexity index is 572. The molecule has 0 aliphatic rings. The summed E-state index contributed by atoms with van der Waals surface area (Å²) in [6, 6.07) is 13.9. The Labute approximate surface area is 119 Å². The van der Waals surface area contributed by atoms with E-state index in [1.807, 2.05) is 30.3 Å². The van der Waals surface area contributed by atoms with Gasteiger partial charge >= 0.3 is 0 Å². The molecule has 0 bridgehead atoms. The number of hydrogen-bond donors (Lipinski definition) is 1. The summed E-state index contributed by atoms with van der Waals surface area (Å²) in [5.74, 6) is -0.574. The average Bonchev–Trinajstić information content (AvgIpc) is 2.39. The highest BCUT2D eigenvalue weighted by Gasteiger charge is 2.09. The summed E-state index contributed by atoms with van der Waals surface area (Å²) < 4.78 is 13.4.